The Morgan fingerprint density at radius 1 is 0.850 bits per heavy atom. The van der Waals surface area contributed by atoms with Crippen LogP contribution in [0.4, 0.5) is 0 Å². The molecule has 0 aliphatic heterocycles. The predicted octanol–water partition coefficient (Wildman–Crippen LogP) is 4.70. The molecule has 1 nitrogen and oxygen atoms in total. The lowest BCUT2D eigenvalue weighted by Gasteiger charge is -2.11. The van der Waals surface area contributed by atoms with Crippen LogP contribution in [0.15, 0.2) is 54.6 Å². The van der Waals surface area contributed by atoms with Gasteiger partial charge in [0.2, 0.25) is 0 Å². The van der Waals surface area contributed by atoms with Gasteiger partial charge in [-0.25, -0.2) is 0 Å². The van der Waals surface area contributed by atoms with E-state index in [-0.39, 0.29) is 6.10 Å². The fourth-order valence-electron chi connectivity index (χ4n) is 2.51. The molecule has 0 saturated heterocycles. The van der Waals surface area contributed by atoms with Gasteiger partial charge in [0.25, 0.3) is 0 Å². The maximum atomic E-state index is 10.2. The Morgan fingerprint density at radius 2 is 1.50 bits per heavy atom. The smallest absolute Gasteiger partial charge is 0.0790 e. The average Bonchev–Trinajstić information content (AvgIpc) is 2.49. The Kier molecular flexibility index (Phi) is 5.82. The maximum Gasteiger partial charge on any atom is 0.0790 e. The largest absolute Gasteiger partial charge is 0.388 e. The molecule has 2 aromatic carbocycles. The Balaban J connectivity index is 1.80. The summed E-state index contributed by atoms with van der Waals surface area (Å²) >= 11 is 0. The van der Waals surface area contributed by atoms with Crippen LogP contribution in [0.5, 0.6) is 0 Å². The first-order valence-electron chi connectivity index (χ1n) is 7.60. The van der Waals surface area contributed by atoms with Crippen LogP contribution >= 0.6 is 0 Å². The van der Waals surface area contributed by atoms with Crippen LogP contribution < -0.4 is 0 Å². The van der Waals surface area contributed by atoms with E-state index in [0.29, 0.717) is 0 Å². The van der Waals surface area contributed by atoms with Gasteiger partial charge in [-0.05, 0) is 42.4 Å². The highest BCUT2D eigenvalue weighted by Gasteiger charge is 2.07. The summed E-state index contributed by atoms with van der Waals surface area (Å²) in [6, 6.07) is 18.9. The topological polar surface area (TPSA) is 20.2 Å². The van der Waals surface area contributed by atoms with Crippen LogP contribution in [0, 0.1) is 0 Å². The van der Waals surface area contributed by atoms with Crippen LogP contribution in [-0.4, -0.2) is 5.11 Å². The number of aliphatic hydroxyl groups is 1. The quantitative estimate of drug-likeness (QED) is 0.772. The van der Waals surface area contributed by atoms with Gasteiger partial charge >= 0.3 is 0 Å². The van der Waals surface area contributed by atoms with Crippen molar-refractivity contribution in [3.63, 3.8) is 0 Å². The van der Waals surface area contributed by atoms with E-state index in [0.717, 1.165) is 31.2 Å². The standard InChI is InChI=1S/C19H24O/c1-2-7-16-12-14-18(15-13-16)19(20)11-6-10-17-8-4-3-5-9-17/h3-5,8-9,12-15,19-20H,2,6-7,10-11H2,1H3. The molecule has 0 radical (unpaired) electrons. The Hall–Kier alpha value is -1.60. The minimum atomic E-state index is -0.339. The number of hydrogen-bond acceptors (Lipinski definition) is 1. The zero-order chi connectivity index (χ0) is 14.2. The van der Waals surface area contributed by atoms with Crippen LogP contribution in [-0.2, 0) is 12.8 Å². The van der Waals surface area contributed by atoms with Crippen LogP contribution in [0.2, 0.25) is 0 Å². The SMILES string of the molecule is CCCc1ccc(C(O)CCCc2ccccc2)cc1. The van der Waals surface area contributed by atoms with Gasteiger partial charge in [0.05, 0.1) is 6.10 Å². The molecule has 0 spiro atoms. The molecule has 0 aromatic heterocycles. The highest BCUT2D eigenvalue weighted by Crippen LogP contribution is 2.20. The Bertz CT molecular complexity index is 487. The number of rotatable bonds is 7. The molecule has 1 unspecified atom stereocenters. The second kappa shape index (κ2) is 7.86. The minimum absolute atomic E-state index is 0.339. The molecule has 0 fully saturated rings. The van der Waals surface area contributed by atoms with Crippen molar-refractivity contribution in [2.75, 3.05) is 0 Å². The normalized spacial score (nSPS) is 12.3. The number of aryl methyl sites for hydroxylation is 2. The molecule has 1 atom stereocenters. The van der Waals surface area contributed by atoms with Gasteiger partial charge in [-0.15, -0.1) is 0 Å². The summed E-state index contributed by atoms with van der Waals surface area (Å²) in [5.74, 6) is 0. The fraction of sp³-hybridized carbons (Fsp3) is 0.368. The van der Waals surface area contributed by atoms with Crippen molar-refractivity contribution in [3.8, 4) is 0 Å². The van der Waals surface area contributed by atoms with Crippen LogP contribution in [0.25, 0.3) is 0 Å². The van der Waals surface area contributed by atoms with Crippen molar-refractivity contribution >= 4 is 0 Å². The summed E-state index contributed by atoms with van der Waals surface area (Å²) in [5.41, 5.74) is 3.74. The number of hydrogen-bond donors (Lipinski definition) is 1. The van der Waals surface area contributed by atoms with Gasteiger partial charge in [-0.1, -0.05) is 67.9 Å². The van der Waals surface area contributed by atoms with E-state index in [2.05, 4.69) is 55.5 Å². The van der Waals surface area contributed by atoms with Gasteiger partial charge in [0.1, 0.15) is 0 Å². The molecular formula is C19H24O. The first-order valence-corrected chi connectivity index (χ1v) is 7.60. The summed E-state index contributed by atoms with van der Waals surface area (Å²) in [6.07, 6.45) is 4.81. The zero-order valence-corrected chi connectivity index (χ0v) is 12.3. The Labute approximate surface area is 122 Å². The van der Waals surface area contributed by atoms with E-state index in [1.165, 1.54) is 17.5 Å². The van der Waals surface area contributed by atoms with Crippen molar-refractivity contribution in [3.05, 3.63) is 71.3 Å². The molecule has 0 saturated carbocycles. The molecular weight excluding hydrogens is 244 g/mol. The van der Waals surface area contributed by atoms with Gasteiger partial charge < -0.3 is 5.11 Å². The minimum Gasteiger partial charge on any atom is -0.388 e. The molecule has 0 amide bonds. The molecule has 1 N–H and O–H groups in total. The molecule has 20 heavy (non-hydrogen) atoms. The first-order chi connectivity index (χ1) is 9.79. The number of benzene rings is 2. The average molecular weight is 268 g/mol. The van der Waals surface area contributed by atoms with Gasteiger partial charge in [-0.3, -0.25) is 0 Å². The van der Waals surface area contributed by atoms with Crippen molar-refractivity contribution in [2.45, 2.75) is 45.1 Å². The van der Waals surface area contributed by atoms with Crippen molar-refractivity contribution in [2.24, 2.45) is 0 Å². The van der Waals surface area contributed by atoms with E-state index in [1.807, 2.05) is 6.07 Å². The third-order valence-corrected chi connectivity index (χ3v) is 3.69. The molecule has 0 aliphatic carbocycles. The number of aliphatic hydroxyl groups excluding tert-OH is 1. The van der Waals surface area contributed by atoms with Gasteiger partial charge in [0, 0.05) is 0 Å². The summed E-state index contributed by atoms with van der Waals surface area (Å²) < 4.78 is 0. The summed E-state index contributed by atoms with van der Waals surface area (Å²) in [5, 5.41) is 10.2. The van der Waals surface area contributed by atoms with E-state index in [4.69, 9.17) is 0 Å². The second-order valence-corrected chi connectivity index (χ2v) is 5.39. The fourth-order valence-corrected chi connectivity index (χ4v) is 2.51. The highest BCUT2D eigenvalue weighted by molar-refractivity contribution is 5.24. The lowest BCUT2D eigenvalue weighted by atomic mass is 9.99. The predicted molar refractivity (Wildman–Crippen MR) is 84.8 cm³/mol. The summed E-state index contributed by atoms with van der Waals surface area (Å²) in [7, 11) is 0. The molecule has 0 bridgehead atoms. The van der Waals surface area contributed by atoms with Crippen LogP contribution in [0.1, 0.15) is 49.0 Å². The van der Waals surface area contributed by atoms with E-state index in [1.54, 1.807) is 0 Å². The van der Waals surface area contributed by atoms with Crippen LogP contribution in [0.3, 0.4) is 0 Å². The highest BCUT2D eigenvalue weighted by atomic mass is 16.3. The molecule has 0 heterocycles. The third-order valence-electron chi connectivity index (χ3n) is 3.69. The van der Waals surface area contributed by atoms with Crippen molar-refractivity contribution in [1.29, 1.82) is 0 Å². The van der Waals surface area contributed by atoms with Gasteiger partial charge in [0.15, 0.2) is 0 Å². The molecule has 1 heteroatoms. The molecule has 2 aromatic rings. The Morgan fingerprint density at radius 3 is 2.15 bits per heavy atom. The molecule has 106 valence electrons. The summed E-state index contributed by atoms with van der Waals surface area (Å²) in [6.45, 7) is 2.19. The lowest BCUT2D eigenvalue weighted by molar-refractivity contribution is 0.164. The van der Waals surface area contributed by atoms with Gasteiger partial charge in [-0.2, -0.15) is 0 Å². The lowest BCUT2D eigenvalue weighted by Crippen LogP contribution is -1.99. The van der Waals surface area contributed by atoms with Crippen molar-refractivity contribution in [1.82, 2.24) is 0 Å². The molecule has 0 aliphatic rings. The first kappa shape index (κ1) is 14.8. The maximum absolute atomic E-state index is 10.2. The zero-order valence-electron chi connectivity index (χ0n) is 12.3. The van der Waals surface area contributed by atoms with E-state index in [9.17, 15) is 5.11 Å². The van der Waals surface area contributed by atoms with Crippen molar-refractivity contribution < 1.29 is 5.11 Å². The summed E-state index contributed by atoms with van der Waals surface area (Å²) in [4.78, 5) is 0. The third kappa shape index (κ3) is 4.50. The second-order valence-electron chi connectivity index (χ2n) is 5.39. The van der Waals surface area contributed by atoms with E-state index >= 15 is 0 Å². The monoisotopic (exact) mass is 268 g/mol. The van der Waals surface area contributed by atoms with E-state index < -0.39 is 0 Å². The molecule has 2 rings (SSSR count).